The fraction of sp³-hybridized carbons (Fsp3) is 0.138. The van der Waals surface area contributed by atoms with Gasteiger partial charge >= 0.3 is 5.97 Å². The standard InChI is InChI=1S/C29H25NO6S/c1-4-36-29(31)23-16-15-22-21-12-8-9-13-24(21)30(37(32,33)20-10-6-5-7-11-20)28(22)27(23)19-14-17-25(34-2)26(18-19)35-3/h5-18H,4H2,1-3H3. The lowest BCUT2D eigenvalue weighted by atomic mass is 9.96. The Balaban J connectivity index is 1.99. The molecular formula is C29H25NO6S. The lowest BCUT2D eigenvalue weighted by molar-refractivity contribution is 0.0527. The fourth-order valence-corrected chi connectivity index (χ4v) is 6.19. The number of hydrogen-bond donors (Lipinski definition) is 0. The molecule has 0 fully saturated rings. The summed E-state index contributed by atoms with van der Waals surface area (Å²) in [7, 11) is -1.00. The lowest BCUT2D eigenvalue weighted by Gasteiger charge is -2.16. The molecule has 0 bridgehead atoms. The van der Waals surface area contributed by atoms with Gasteiger partial charge in [0.1, 0.15) is 0 Å². The number of fused-ring (bicyclic) bond motifs is 3. The first-order chi connectivity index (χ1) is 17.9. The van der Waals surface area contributed by atoms with Gasteiger partial charge in [0.2, 0.25) is 0 Å². The maximum absolute atomic E-state index is 14.1. The van der Waals surface area contributed by atoms with E-state index in [1.807, 2.05) is 12.1 Å². The van der Waals surface area contributed by atoms with Gasteiger partial charge in [-0.25, -0.2) is 17.2 Å². The van der Waals surface area contributed by atoms with Crippen LogP contribution >= 0.6 is 0 Å². The number of nitrogens with zero attached hydrogens (tertiary/aromatic N) is 1. The molecule has 0 saturated heterocycles. The monoisotopic (exact) mass is 515 g/mol. The van der Waals surface area contributed by atoms with Crippen molar-refractivity contribution in [2.24, 2.45) is 0 Å². The van der Waals surface area contributed by atoms with Crippen LogP contribution in [0.15, 0.2) is 89.8 Å². The lowest BCUT2D eigenvalue weighted by Crippen LogP contribution is -2.14. The molecule has 1 aromatic heterocycles. The van der Waals surface area contributed by atoms with Crippen molar-refractivity contribution in [1.82, 2.24) is 3.97 Å². The normalized spacial score (nSPS) is 11.5. The van der Waals surface area contributed by atoms with Crippen molar-refractivity contribution < 1.29 is 27.4 Å². The van der Waals surface area contributed by atoms with Crippen LogP contribution in [-0.4, -0.2) is 39.2 Å². The summed E-state index contributed by atoms with van der Waals surface area (Å²) in [6.45, 7) is 1.90. The van der Waals surface area contributed by atoms with Crippen LogP contribution in [0.5, 0.6) is 11.5 Å². The SMILES string of the molecule is CCOC(=O)c1ccc2c3ccccc3n(S(=O)(=O)c3ccccc3)c2c1-c1ccc(OC)c(OC)c1. The number of carbonyl (C=O) groups is 1. The highest BCUT2D eigenvalue weighted by atomic mass is 32.2. The molecule has 5 aromatic rings. The number of para-hydroxylation sites is 1. The Kier molecular flexibility index (Phi) is 6.35. The second-order valence-corrected chi connectivity index (χ2v) is 10.1. The summed E-state index contributed by atoms with van der Waals surface area (Å²) in [6.07, 6.45) is 0. The maximum atomic E-state index is 14.1. The zero-order chi connectivity index (χ0) is 26.2. The van der Waals surface area contributed by atoms with Gasteiger partial charge < -0.3 is 14.2 Å². The molecule has 0 aliphatic rings. The number of ether oxygens (including phenoxy) is 3. The third-order valence-corrected chi connectivity index (χ3v) is 7.97. The van der Waals surface area contributed by atoms with Gasteiger partial charge in [-0.1, -0.05) is 48.5 Å². The molecule has 5 rings (SSSR count). The Morgan fingerprint density at radius 2 is 1.51 bits per heavy atom. The predicted molar refractivity (Wildman–Crippen MR) is 143 cm³/mol. The van der Waals surface area contributed by atoms with Crippen LogP contribution in [0, 0.1) is 0 Å². The zero-order valence-electron chi connectivity index (χ0n) is 20.6. The Hall–Kier alpha value is -4.30. The quantitative estimate of drug-likeness (QED) is 0.251. The van der Waals surface area contributed by atoms with E-state index in [0.717, 1.165) is 5.39 Å². The molecule has 0 amide bonds. The molecule has 7 nitrogen and oxygen atoms in total. The van der Waals surface area contributed by atoms with Gasteiger partial charge in [-0.05, 0) is 48.9 Å². The van der Waals surface area contributed by atoms with Gasteiger partial charge in [-0.2, -0.15) is 0 Å². The second kappa shape index (κ2) is 9.63. The van der Waals surface area contributed by atoms with E-state index in [2.05, 4.69) is 0 Å². The summed E-state index contributed by atoms with van der Waals surface area (Å²) < 4.78 is 45.9. The average Bonchev–Trinajstić information content (AvgIpc) is 3.28. The van der Waals surface area contributed by atoms with Crippen molar-refractivity contribution in [3.8, 4) is 22.6 Å². The molecule has 0 unspecified atom stereocenters. The smallest absolute Gasteiger partial charge is 0.338 e. The van der Waals surface area contributed by atoms with Crippen LogP contribution < -0.4 is 9.47 Å². The highest BCUT2D eigenvalue weighted by Crippen LogP contribution is 2.42. The third-order valence-electron chi connectivity index (χ3n) is 6.24. The van der Waals surface area contributed by atoms with E-state index in [1.165, 1.54) is 18.2 Å². The Morgan fingerprint density at radius 3 is 2.22 bits per heavy atom. The highest BCUT2D eigenvalue weighted by Gasteiger charge is 2.28. The first-order valence-electron chi connectivity index (χ1n) is 11.7. The first-order valence-corrected chi connectivity index (χ1v) is 13.1. The fourth-order valence-electron chi connectivity index (χ4n) is 4.63. The second-order valence-electron chi connectivity index (χ2n) is 8.27. The summed E-state index contributed by atoms with van der Waals surface area (Å²) in [4.78, 5) is 13.3. The van der Waals surface area contributed by atoms with Gasteiger partial charge in [0.25, 0.3) is 10.0 Å². The molecule has 0 radical (unpaired) electrons. The maximum Gasteiger partial charge on any atom is 0.338 e. The minimum absolute atomic E-state index is 0.137. The van der Waals surface area contributed by atoms with Crippen molar-refractivity contribution in [2.75, 3.05) is 20.8 Å². The minimum atomic E-state index is -4.05. The molecule has 8 heteroatoms. The molecule has 0 spiro atoms. The van der Waals surface area contributed by atoms with Crippen LogP contribution in [0.2, 0.25) is 0 Å². The molecule has 0 aliphatic heterocycles. The molecule has 37 heavy (non-hydrogen) atoms. The molecule has 1 heterocycles. The van der Waals surface area contributed by atoms with E-state index < -0.39 is 16.0 Å². The zero-order valence-corrected chi connectivity index (χ0v) is 21.4. The number of carbonyl (C=O) groups excluding carboxylic acids is 1. The summed E-state index contributed by atoms with van der Waals surface area (Å²) in [6, 6.07) is 24.2. The largest absolute Gasteiger partial charge is 0.493 e. The van der Waals surface area contributed by atoms with Gasteiger partial charge in [-0.3, -0.25) is 0 Å². The number of hydrogen-bond acceptors (Lipinski definition) is 6. The Labute approximate surface area is 214 Å². The van der Waals surface area contributed by atoms with E-state index in [0.29, 0.717) is 39.0 Å². The van der Waals surface area contributed by atoms with Crippen molar-refractivity contribution in [3.63, 3.8) is 0 Å². The molecule has 0 saturated carbocycles. The van der Waals surface area contributed by atoms with Gasteiger partial charge in [0.05, 0.1) is 42.3 Å². The molecule has 0 atom stereocenters. The first kappa shape index (κ1) is 24.4. The molecule has 188 valence electrons. The van der Waals surface area contributed by atoms with E-state index in [4.69, 9.17) is 14.2 Å². The number of benzene rings is 4. The van der Waals surface area contributed by atoms with Gasteiger partial charge in [-0.15, -0.1) is 0 Å². The van der Waals surface area contributed by atoms with Crippen LogP contribution in [0.25, 0.3) is 32.9 Å². The van der Waals surface area contributed by atoms with Crippen LogP contribution in [0.3, 0.4) is 0 Å². The van der Waals surface area contributed by atoms with Gasteiger partial charge in [0.15, 0.2) is 11.5 Å². The van der Waals surface area contributed by atoms with E-state index in [-0.39, 0.29) is 17.1 Å². The number of aromatic nitrogens is 1. The van der Waals surface area contributed by atoms with Crippen LogP contribution in [-0.2, 0) is 14.8 Å². The summed E-state index contributed by atoms with van der Waals surface area (Å²) in [5.74, 6) is 0.400. The Morgan fingerprint density at radius 1 is 0.811 bits per heavy atom. The third kappa shape index (κ3) is 3.99. The summed E-state index contributed by atoms with van der Waals surface area (Å²) in [5, 5.41) is 1.43. The number of methoxy groups -OCH3 is 2. The highest BCUT2D eigenvalue weighted by molar-refractivity contribution is 7.90. The molecule has 0 N–H and O–H groups in total. The summed E-state index contributed by atoms with van der Waals surface area (Å²) in [5.41, 5.74) is 2.13. The predicted octanol–water partition coefficient (Wildman–Crippen LogP) is 5.89. The van der Waals surface area contributed by atoms with E-state index in [9.17, 15) is 13.2 Å². The van der Waals surface area contributed by atoms with Crippen molar-refractivity contribution in [1.29, 1.82) is 0 Å². The minimum Gasteiger partial charge on any atom is -0.493 e. The topological polar surface area (TPSA) is 83.8 Å². The molecular weight excluding hydrogens is 490 g/mol. The molecule has 4 aromatic carbocycles. The summed E-state index contributed by atoms with van der Waals surface area (Å²) >= 11 is 0. The number of rotatable bonds is 7. The van der Waals surface area contributed by atoms with Crippen LogP contribution in [0.4, 0.5) is 0 Å². The Bertz CT molecular complexity index is 1740. The van der Waals surface area contributed by atoms with Crippen molar-refractivity contribution >= 4 is 37.8 Å². The number of esters is 1. The average molecular weight is 516 g/mol. The van der Waals surface area contributed by atoms with Gasteiger partial charge in [0, 0.05) is 16.3 Å². The molecule has 0 aliphatic carbocycles. The van der Waals surface area contributed by atoms with Crippen LogP contribution in [0.1, 0.15) is 17.3 Å². The van der Waals surface area contributed by atoms with Crippen molar-refractivity contribution in [3.05, 3.63) is 90.5 Å². The van der Waals surface area contributed by atoms with E-state index in [1.54, 1.807) is 79.7 Å². The van der Waals surface area contributed by atoms with Crippen molar-refractivity contribution in [2.45, 2.75) is 11.8 Å². The van der Waals surface area contributed by atoms with E-state index >= 15 is 0 Å².